The Morgan fingerprint density at radius 1 is 1.30 bits per heavy atom. The third-order valence-electron chi connectivity index (χ3n) is 5.26. The molecule has 3 atom stereocenters. The van der Waals surface area contributed by atoms with Crippen molar-refractivity contribution in [3.8, 4) is 0 Å². The summed E-state index contributed by atoms with van der Waals surface area (Å²) in [6.45, 7) is 5.49. The highest BCUT2D eigenvalue weighted by molar-refractivity contribution is 5.96. The summed E-state index contributed by atoms with van der Waals surface area (Å²) in [7, 11) is 2.99. The summed E-state index contributed by atoms with van der Waals surface area (Å²) >= 11 is 0. The van der Waals surface area contributed by atoms with Crippen molar-refractivity contribution < 1.29 is 24.0 Å². The minimum absolute atomic E-state index is 0.212. The number of rotatable bonds is 11. The molecule has 1 heterocycles. The highest BCUT2D eigenvalue weighted by atomic mass is 16.2. The highest BCUT2D eigenvalue weighted by Crippen LogP contribution is 2.19. The smallest absolute Gasteiger partial charge is 0.246 e. The van der Waals surface area contributed by atoms with Crippen LogP contribution in [0.25, 0.3) is 0 Å². The fourth-order valence-electron chi connectivity index (χ4n) is 3.33. The number of amides is 5. The summed E-state index contributed by atoms with van der Waals surface area (Å²) < 4.78 is 0. The molecule has 0 aromatic rings. The second kappa shape index (κ2) is 11.9. The van der Waals surface area contributed by atoms with E-state index < -0.39 is 42.3 Å². The van der Waals surface area contributed by atoms with Gasteiger partial charge >= 0.3 is 0 Å². The molecule has 0 spiro atoms. The van der Waals surface area contributed by atoms with Gasteiger partial charge in [-0.05, 0) is 32.6 Å². The number of hydrogen-bond acceptors (Lipinski definition) is 5. The maximum absolute atomic E-state index is 13.0. The van der Waals surface area contributed by atoms with E-state index in [9.17, 15) is 24.0 Å². The number of carbonyl (C=O) groups is 5. The Hall–Kier alpha value is -2.91. The van der Waals surface area contributed by atoms with E-state index in [1.807, 2.05) is 0 Å². The lowest BCUT2D eigenvalue weighted by atomic mass is 10.1. The molecular formula is C20H33N5O5. The molecule has 1 fully saturated rings. The molecule has 1 aliphatic rings. The lowest BCUT2D eigenvalue weighted by Gasteiger charge is -2.30. The number of nitrogens with two attached hydrogens (primary N) is 1. The molecule has 4 N–H and O–H groups in total. The topological polar surface area (TPSA) is 142 Å². The lowest BCUT2D eigenvalue weighted by molar-refractivity contribution is -0.144. The van der Waals surface area contributed by atoms with Crippen molar-refractivity contribution in [3.63, 3.8) is 0 Å². The lowest BCUT2D eigenvalue weighted by Crippen LogP contribution is -2.56. The first-order valence-corrected chi connectivity index (χ1v) is 10.1. The maximum atomic E-state index is 13.0. The van der Waals surface area contributed by atoms with Crippen LogP contribution in [-0.4, -0.2) is 78.1 Å². The summed E-state index contributed by atoms with van der Waals surface area (Å²) in [5.74, 6) is -2.39. The number of unbranched alkanes of at least 4 members (excludes halogenated alkanes) is 1. The minimum Gasteiger partial charge on any atom is -0.370 e. The van der Waals surface area contributed by atoms with Gasteiger partial charge in [0.05, 0.1) is 6.42 Å². The van der Waals surface area contributed by atoms with Gasteiger partial charge in [0.25, 0.3) is 0 Å². The van der Waals surface area contributed by atoms with Crippen LogP contribution in [0.5, 0.6) is 0 Å². The van der Waals surface area contributed by atoms with Gasteiger partial charge in [-0.1, -0.05) is 6.08 Å². The first-order chi connectivity index (χ1) is 14.1. The van der Waals surface area contributed by atoms with Gasteiger partial charge in [-0.25, -0.2) is 0 Å². The van der Waals surface area contributed by atoms with Crippen molar-refractivity contribution in [1.82, 2.24) is 20.4 Å². The van der Waals surface area contributed by atoms with Gasteiger partial charge in [-0.15, -0.1) is 6.58 Å². The Balaban J connectivity index is 2.85. The molecule has 1 saturated heterocycles. The number of likely N-dealkylation sites (tertiary alicyclic amines) is 1. The molecule has 3 unspecified atom stereocenters. The van der Waals surface area contributed by atoms with E-state index in [1.54, 1.807) is 6.08 Å². The van der Waals surface area contributed by atoms with Gasteiger partial charge in [-0.3, -0.25) is 24.0 Å². The van der Waals surface area contributed by atoms with Gasteiger partial charge < -0.3 is 26.2 Å². The summed E-state index contributed by atoms with van der Waals surface area (Å²) in [5, 5.41) is 5.05. The van der Waals surface area contributed by atoms with Crippen LogP contribution in [0.15, 0.2) is 12.7 Å². The van der Waals surface area contributed by atoms with Gasteiger partial charge in [-0.2, -0.15) is 0 Å². The van der Waals surface area contributed by atoms with E-state index in [4.69, 9.17) is 5.73 Å². The molecular weight excluding hydrogens is 390 g/mol. The van der Waals surface area contributed by atoms with Crippen LogP contribution >= 0.6 is 0 Å². The standard InChI is InChI=1S/C20H33N5O5/c1-5-6-7-10-17(27)24(4)13(2)18(28)23-14(12-16(21)26)20(30)25-11-8-9-15(25)19(29)22-3/h5,13-15H,1,6-12H2,2-4H3,(H2,21,26)(H,22,29)(H,23,28). The number of nitrogens with zero attached hydrogens (tertiary/aromatic N) is 2. The van der Waals surface area contributed by atoms with Gasteiger partial charge in [0.1, 0.15) is 18.1 Å². The second-order valence-corrected chi connectivity index (χ2v) is 7.40. The fraction of sp³-hybridized carbons (Fsp3) is 0.650. The zero-order chi connectivity index (χ0) is 22.8. The highest BCUT2D eigenvalue weighted by Gasteiger charge is 2.38. The number of primary amides is 1. The van der Waals surface area contributed by atoms with E-state index in [2.05, 4.69) is 17.2 Å². The van der Waals surface area contributed by atoms with E-state index in [0.717, 1.165) is 0 Å². The fourth-order valence-corrected chi connectivity index (χ4v) is 3.33. The number of likely N-dealkylation sites (N-methyl/N-ethyl adjacent to an activating group) is 2. The molecule has 0 bridgehead atoms. The van der Waals surface area contributed by atoms with Gasteiger partial charge in [0.2, 0.25) is 29.5 Å². The maximum Gasteiger partial charge on any atom is 0.246 e. The number of carbonyl (C=O) groups excluding carboxylic acids is 5. The predicted molar refractivity (Wildman–Crippen MR) is 111 cm³/mol. The van der Waals surface area contributed by atoms with E-state index in [0.29, 0.717) is 32.2 Å². The summed E-state index contributed by atoms with van der Waals surface area (Å²) in [6.07, 6.45) is 4.04. The number of allylic oxidation sites excluding steroid dienone is 1. The Kier molecular flexibility index (Phi) is 10.00. The Morgan fingerprint density at radius 3 is 2.53 bits per heavy atom. The second-order valence-electron chi connectivity index (χ2n) is 7.40. The van der Waals surface area contributed by atoms with Crippen LogP contribution in [0.3, 0.4) is 0 Å². The van der Waals surface area contributed by atoms with Crippen molar-refractivity contribution in [2.45, 2.75) is 63.6 Å². The Morgan fingerprint density at radius 2 is 1.97 bits per heavy atom. The zero-order valence-corrected chi connectivity index (χ0v) is 18.0. The average molecular weight is 424 g/mol. The van der Waals surface area contributed by atoms with E-state index in [1.165, 1.54) is 30.8 Å². The molecule has 10 heteroatoms. The van der Waals surface area contributed by atoms with Crippen LogP contribution in [0.4, 0.5) is 0 Å². The van der Waals surface area contributed by atoms with Gasteiger partial charge in [0.15, 0.2) is 0 Å². The molecule has 5 amide bonds. The third-order valence-corrected chi connectivity index (χ3v) is 5.26. The van der Waals surface area contributed by atoms with Crippen LogP contribution in [0, 0.1) is 0 Å². The quantitative estimate of drug-likeness (QED) is 0.297. The Bertz CT molecular complexity index is 680. The minimum atomic E-state index is -1.20. The first kappa shape index (κ1) is 25.1. The van der Waals surface area contributed by atoms with E-state index in [-0.39, 0.29) is 18.2 Å². The van der Waals surface area contributed by atoms with Crippen molar-refractivity contribution >= 4 is 29.5 Å². The molecule has 0 aromatic heterocycles. The summed E-state index contributed by atoms with van der Waals surface area (Å²) in [4.78, 5) is 64.1. The number of nitrogens with one attached hydrogen (secondary N) is 2. The predicted octanol–water partition coefficient (Wildman–Crippen LogP) is -0.713. The van der Waals surface area contributed by atoms with Gasteiger partial charge in [0, 0.05) is 27.1 Å². The molecule has 1 rings (SSSR count). The van der Waals surface area contributed by atoms with Crippen LogP contribution in [0.2, 0.25) is 0 Å². The molecule has 0 aromatic carbocycles. The molecule has 30 heavy (non-hydrogen) atoms. The molecule has 1 aliphatic heterocycles. The monoisotopic (exact) mass is 423 g/mol. The molecule has 10 nitrogen and oxygen atoms in total. The summed E-state index contributed by atoms with van der Waals surface area (Å²) in [5.41, 5.74) is 5.27. The van der Waals surface area contributed by atoms with E-state index >= 15 is 0 Å². The van der Waals surface area contributed by atoms with Crippen molar-refractivity contribution in [2.24, 2.45) is 5.73 Å². The third kappa shape index (κ3) is 6.85. The normalized spacial score (nSPS) is 17.6. The Labute approximate surface area is 177 Å². The first-order valence-electron chi connectivity index (χ1n) is 10.1. The van der Waals surface area contributed by atoms with Crippen LogP contribution < -0.4 is 16.4 Å². The van der Waals surface area contributed by atoms with Crippen LogP contribution in [-0.2, 0) is 24.0 Å². The SMILES string of the molecule is C=CCCCC(=O)N(C)C(C)C(=O)NC(CC(N)=O)C(=O)N1CCCC1C(=O)NC. The largest absolute Gasteiger partial charge is 0.370 e. The number of hydrogen-bond donors (Lipinski definition) is 3. The molecule has 0 saturated carbocycles. The van der Waals surface area contributed by atoms with Crippen molar-refractivity contribution in [3.05, 3.63) is 12.7 Å². The summed E-state index contributed by atoms with van der Waals surface area (Å²) in [6, 6.07) is -2.70. The van der Waals surface area contributed by atoms with Crippen LogP contribution in [0.1, 0.15) is 45.4 Å². The molecule has 0 radical (unpaired) electrons. The van der Waals surface area contributed by atoms with Crippen molar-refractivity contribution in [1.29, 1.82) is 0 Å². The zero-order valence-electron chi connectivity index (χ0n) is 18.0. The molecule has 0 aliphatic carbocycles. The average Bonchev–Trinajstić information content (AvgIpc) is 3.20. The molecule has 168 valence electrons. The van der Waals surface area contributed by atoms with Crippen molar-refractivity contribution in [2.75, 3.05) is 20.6 Å².